The lowest BCUT2D eigenvalue weighted by atomic mass is 9.91. The Morgan fingerprint density at radius 2 is 2.07 bits per heavy atom. The molecule has 1 unspecified atom stereocenters. The summed E-state index contributed by atoms with van der Waals surface area (Å²) in [6.45, 7) is 0.249. The highest BCUT2D eigenvalue weighted by molar-refractivity contribution is 5.94. The molecule has 28 heavy (non-hydrogen) atoms. The van der Waals surface area contributed by atoms with Crippen LogP contribution in [0.15, 0.2) is 34.9 Å². The molecule has 5 rings (SSSR count). The molecule has 3 atom stereocenters. The Morgan fingerprint density at radius 3 is 2.93 bits per heavy atom. The van der Waals surface area contributed by atoms with Gasteiger partial charge in [-0.05, 0) is 18.9 Å². The van der Waals surface area contributed by atoms with E-state index in [0.717, 1.165) is 42.2 Å². The number of anilines is 1. The Bertz CT molecular complexity index is 1030. The molecule has 2 aromatic heterocycles. The van der Waals surface area contributed by atoms with Crippen LogP contribution in [0.25, 0.3) is 22.2 Å². The number of aliphatic hydroxyl groups is 1. The van der Waals surface area contributed by atoms with Crippen molar-refractivity contribution >= 4 is 16.8 Å². The zero-order valence-corrected chi connectivity index (χ0v) is 15.4. The number of nitrogens with one attached hydrogen (secondary N) is 2. The van der Waals surface area contributed by atoms with E-state index in [1.165, 1.54) is 0 Å². The lowest BCUT2D eigenvalue weighted by Crippen LogP contribution is -2.43. The van der Waals surface area contributed by atoms with Gasteiger partial charge in [0.1, 0.15) is 18.1 Å². The van der Waals surface area contributed by atoms with Gasteiger partial charge in [-0.25, -0.2) is 9.37 Å². The number of halogens is 1. The van der Waals surface area contributed by atoms with Gasteiger partial charge < -0.3 is 20.6 Å². The summed E-state index contributed by atoms with van der Waals surface area (Å²) in [6.07, 6.45) is 4.63. The SMILES string of the molecule is N[C@H]1CCCC[C@H]1Nc1nc(-c2coc3ccccc23)c2c(c1F)CNC2O. The summed E-state index contributed by atoms with van der Waals surface area (Å²) in [5.41, 5.74) is 9.15. The van der Waals surface area contributed by atoms with Gasteiger partial charge in [0, 0.05) is 40.7 Å². The van der Waals surface area contributed by atoms with E-state index in [-0.39, 0.29) is 24.4 Å². The summed E-state index contributed by atoms with van der Waals surface area (Å²) in [5, 5.41) is 17.5. The second-order valence-electron chi connectivity index (χ2n) is 7.64. The molecule has 0 saturated heterocycles. The minimum absolute atomic E-state index is 0.0120. The van der Waals surface area contributed by atoms with Crippen molar-refractivity contribution in [1.29, 1.82) is 0 Å². The summed E-state index contributed by atoms with van der Waals surface area (Å²) in [7, 11) is 0. The monoisotopic (exact) mass is 382 g/mol. The normalized spacial score (nSPS) is 24.5. The topological polar surface area (TPSA) is 96.3 Å². The molecule has 6 nitrogen and oxygen atoms in total. The Hall–Kier alpha value is -2.48. The zero-order chi connectivity index (χ0) is 19.3. The Kier molecular flexibility index (Phi) is 4.30. The summed E-state index contributed by atoms with van der Waals surface area (Å²) >= 11 is 0. The number of pyridine rings is 1. The first-order chi connectivity index (χ1) is 13.6. The number of aromatic nitrogens is 1. The fraction of sp³-hybridized carbons (Fsp3) is 0.381. The molecule has 0 radical (unpaired) electrons. The maximum absolute atomic E-state index is 15.2. The Balaban J connectivity index is 1.65. The van der Waals surface area contributed by atoms with Gasteiger partial charge in [-0.3, -0.25) is 5.32 Å². The van der Waals surface area contributed by atoms with E-state index >= 15 is 4.39 Å². The fourth-order valence-electron chi connectivity index (χ4n) is 4.37. The third kappa shape index (κ3) is 2.78. The van der Waals surface area contributed by atoms with Gasteiger partial charge in [-0.1, -0.05) is 31.0 Å². The van der Waals surface area contributed by atoms with Crippen molar-refractivity contribution in [2.24, 2.45) is 5.73 Å². The molecule has 1 aromatic carbocycles. The van der Waals surface area contributed by atoms with E-state index in [1.807, 2.05) is 24.3 Å². The zero-order valence-electron chi connectivity index (χ0n) is 15.4. The van der Waals surface area contributed by atoms with Gasteiger partial charge in [-0.15, -0.1) is 0 Å². The van der Waals surface area contributed by atoms with Crippen LogP contribution in [0.5, 0.6) is 0 Å². The molecule has 1 aliphatic carbocycles. The van der Waals surface area contributed by atoms with Crippen molar-refractivity contribution in [3.8, 4) is 11.3 Å². The van der Waals surface area contributed by atoms with Crippen molar-refractivity contribution in [2.75, 3.05) is 5.32 Å². The number of para-hydroxylation sites is 1. The third-order valence-corrected chi connectivity index (χ3v) is 5.90. The van der Waals surface area contributed by atoms with E-state index < -0.39 is 12.0 Å². The second-order valence-corrected chi connectivity index (χ2v) is 7.64. The molecule has 2 aliphatic rings. The lowest BCUT2D eigenvalue weighted by Gasteiger charge is -2.30. The Morgan fingerprint density at radius 1 is 1.25 bits per heavy atom. The van der Waals surface area contributed by atoms with Crippen molar-refractivity contribution in [3.63, 3.8) is 0 Å². The van der Waals surface area contributed by atoms with Gasteiger partial charge >= 0.3 is 0 Å². The molecule has 0 bridgehead atoms. The van der Waals surface area contributed by atoms with Crippen LogP contribution in [0.2, 0.25) is 0 Å². The summed E-state index contributed by atoms with van der Waals surface area (Å²) in [4.78, 5) is 4.61. The minimum atomic E-state index is -0.966. The van der Waals surface area contributed by atoms with Gasteiger partial charge in [0.15, 0.2) is 11.6 Å². The largest absolute Gasteiger partial charge is 0.464 e. The number of hydrogen-bond acceptors (Lipinski definition) is 6. The summed E-state index contributed by atoms with van der Waals surface area (Å²) in [5.74, 6) is -0.231. The number of nitrogens with zero attached hydrogens (tertiary/aromatic N) is 1. The summed E-state index contributed by atoms with van der Waals surface area (Å²) < 4.78 is 20.9. The third-order valence-electron chi connectivity index (χ3n) is 5.90. The highest BCUT2D eigenvalue weighted by atomic mass is 19.1. The van der Waals surface area contributed by atoms with Crippen LogP contribution >= 0.6 is 0 Å². The van der Waals surface area contributed by atoms with Crippen LogP contribution in [0, 0.1) is 5.82 Å². The van der Waals surface area contributed by atoms with Crippen LogP contribution in [0.3, 0.4) is 0 Å². The number of aliphatic hydroxyl groups excluding tert-OH is 1. The Labute approximate surface area is 161 Å². The van der Waals surface area contributed by atoms with Gasteiger partial charge in [0.25, 0.3) is 0 Å². The first-order valence-corrected chi connectivity index (χ1v) is 9.76. The predicted octanol–water partition coefficient (Wildman–Crippen LogP) is 3.41. The van der Waals surface area contributed by atoms with Crippen LogP contribution < -0.4 is 16.4 Å². The molecule has 0 amide bonds. The average molecular weight is 382 g/mol. The molecule has 5 N–H and O–H groups in total. The molecule has 7 heteroatoms. The molecule has 3 aromatic rings. The minimum Gasteiger partial charge on any atom is -0.464 e. The maximum atomic E-state index is 15.2. The van der Waals surface area contributed by atoms with Crippen LogP contribution in [-0.4, -0.2) is 22.2 Å². The van der Waals surface area contributed by atoms with Crippen LogP contribution in [0.1, 0.15) is 43.0 Å². The molecule has 1 saturated carbocycles. The van der Waals surface area contributed by atoms with E-state index in [4.69, 9.17) is 10.2 Å². The molecule has 146 valence electrons. The smallest absolute Gasteiger partial charge is 0.170 e. The molecule has 0 spiro atoms. The quantitative estimate of drug-likeness (QED) is 0.554. The number of furan rings is 1. The van der Waals surface area contributed by atoms with Gasteiger partial charge in [0.2, 0.25) is 0 Å². The van der Waals surface area contributed by atoms with Gasteiger partial charge in [-0.2, -0.15) is 0 Å². The van der Waals surface area contributed by atoms with Crippen molar-refractivity contribution < 1.29 is 13.9 Å². The lowest BCUT2D eigenvalue weighted by molar-refractivity contribution is 0.151. The second kappa shape index (κ2) is 6.84. The number of hydrogen-bond donors (Lipinski definition) is 4. The first kappa shape index (κ1) is 17.6. The molecule has 1 aliphatic heterocycles. The predicted molar refractivity (Wildman–Crippen MR) is 105 cm³/mol. The maximum Gasteiger partial charge on any atom is 0.170 e. The van der Waals surface area contributed by atoms with Crippen LogP contribution in [-0.2, 0) is 6.54 Å². The average Bonchev–Trinajstić information content (AvgIpc) is 3.30. The highest BCUT2D eigenvalue weighted by Gasteiger charge is 2.32. The molecular weight excluding hydrogens is 359 g/mol. The van der Waals surface area contributed by atoms with Crippen molar-refractivity contribution in [1.82, 2.24) is 10.3 Å². The van der Waals surface area contributed by atoms with E-state index in [1.54, 1.807) is 6.26 Å². The number of benzene rings is 1. The van der Waals surface area contributed by atoms with Crippen molar-refractivity contribution in [3.05, 3.63) is 47.5 Å². The van der Waals surface area contributed by atoms with E-state index in [0.29, 0.717) is 16.8 Å². The number of rotatable bonds is 3. The number of fused-ring (bicyclic) bond motifs is 2. The molecule has 3 heterocycles. The van der Waals surface area contributed by atoms with Gasteiger partial charge in [0.05, 0.1) is 5.69 Å². The van der Waals surface area contributed by atoms with E-state index in [9.17, 15) is 5.11 Å². The molecular formula is C21H23FN4O2. The standard InChI is InChI=1S/C21H23FN4O2/c22-18-12-9-24-21(27)17(12)19(13-10-28-16-8-4-1-5-11(13)16)26-20(18)25-15-7-3-2-6-14(15)23/h1,4-5,8,10,14-15,21,24,27H,2-3,6-7,9,23H2,(H,25,26)/t14-,15+,21?/m0/s1. The molecule has 1 fully saturated rings. The summed E-state index contributed by atoms with van der Waals surface area (Å²) in [6, 6.07) is 7.58. The highest BCUT2D eigenvalue weighted by Crippen LogP contribution is 2.40. The van der Waals surface area contributed by atoms with Crippen molar-refractivity contribution in [2.45, 2.75) is 50.5 Å². The van der Waals surface area contributed by atoms with Crippen LogP contribution in [0.4, 0.5) is 10.2 Å². The van der Waals surface area contributed by atoms with E-state index in [2.05, 4.69) is 15.6 Å². The first-order valence-electron chi connectivity index (χ1n) is 9.76. The fourth-order valence-corrected chi connectivity index (χ4v) is 4.37. The number of nitrogens with two attached hydrogens (primary N) is 1.